The number of benzene rings is 3. The summed E-state index contributed by atoms with van der Waals surface area (Å²) in [4.78, 5) is 0. The molecule has 1 atom stereocenters. The molecule has 192 valence electrons. The van der Waals surface area contributed by atoms with Crippen LogP contribution in [0.1, 0.15) is 29.5 Å². The molecule has 0 fully saturated rings. The van der Waals surface area contributed by atoms with Gasteiger partial charge in [0.1, 0.15) is 5.75 Å². The van der Waals surface area contributed by atoms with Crippen LogP contribution in [0.5, 0.6) is 5.75 Å². The van der Waals surface area contributed by atoms with Crippen LogP contribution in [0.15, 0.2) is 72.8 Å². The fourth-order valence-corrected chi connectivity index (χ4v) is 4.13. The predicted molar refractivity (Wildman–Crippen MR) is 133 cm³/mol. The van der Waals surface area contributed by atoms with Crippen molar-refractivity contribution in [3.8, 4) is 16.9 Å². The van der Waals surface area contributed by atoms with Crippen LogP contribution in [-0.4, -0.2) is 30.5 Å². The Labute approximate surface area is 210 Å². The molecule has 0 heterocycles. The molecule has 0 aliphatic rings. The second-order valence-corrected chi connectivity index (χ2v) is 9.12. The third-order valence-corrected chi connectivity index (χ3v) is 6.12. The van der Waals surface area contributed by atoms with E-state index < -0.39 is 32.6 Å². The van der Waals surface area contributed by atoms with Crippen molar-refractivity contribution in [3.05, 3.63) is 89.5 Å². The van der Waals surface area contributed by atoms with E-state index in [4.69, 9.17) is 15.0 Å². The van der Waals surface area contributed by atoms with E-state index in [0.717, 1.165) is 22.8 Å². The van der Waals surface area contributed by atoms with Gasteiger partial charge in [0.2, 0.25) is 0 Å². The Kier molecular flexibility index (Phi) is 10.0. The third kappa shape index (κ3) is 8.14. The highest BCUT2D eigenvalue weighted by Gasteiger charge is 2.35. The lowest BCUT2D eigenvalue weighted by Gasteiger charge is -2.25. The van der Waals surface area contributed by atoms with Gasteiger partial charge in [0, 0.05) is 0 Å². The molecule has 0 saturated carbocycles. The lowest BCUT2D eigenvalue weighted by molar-refractivity contribution is -0.139. The van der Waals surface area contributed by atoms with Crippen molar-refractivity contribution in [1.82, 2.24) is 0 Å². The quantitative estimate of drug-likeness (QED) is 0.207. The number of hydrogen-bond donors (Lipinski definition) is 2. The van der Waals surface area contributed by atoms with Crippen LogP contribution in [0.4, 0.5) is 13.2 Å². The van der Waals surface area contributed by atoms with Gasteiger partial charge in [0.15, 0.2) is 0 Å². The van der Waals surface area contributed by atoms with Gasteiger partial charge in [0.25, 0.3) is 0 Å². The maximum Gasteiger partial charge on any atom is 0.419 e. The number of aliphatic hydroxyl groups is 1. The average molecular weight is 520 g/mol. The van der Waals surface area contributed by atoms with Gasteiger partial charge in [-0.3, -0.25) is 4.52 Å². The van der Waals surface area contributed by atoms with Crippen LogP contribution < -0.4 is 10.5 Å². The number of alkyl halides is 3. The highest BCUT2D eigenvalue weighted by atomic mass is 31.1. The molecule has 3 N–H and O–H groups in total. The van der Waals surface area contributed by atoms with E-state index in [0.29, 0.717) is 18.4 Å². The molecular weight excluding hydrogens is 490 g/mol. The summed E-state index contributed by atoms with van der Waals surface area (Å²) in [6, 6.07) is 22.0. The summed E-state index contributed by atoms with van der Waals surface area (Å²) in [5.41, 5.74) is 7.61. The first-order chi connectivity index (χ1) is 17.2. The summed E-state index contributed by atoms with van der Waals surface area (Å²) >= 11 is 0. The molecule has 0 spiro atoms. The lowest BCUT2D eigenvalue weighted by atomic mass is 9.93. The maximum absolute atomic E-state index is 13.7. The minimum absolute atomic E-state index is 0.139. The minimum atomic E-state index is -4.59. The lowest BCUT2D eigenvalue weighted by Crippen LogP contribution is -2.47. The second kappa shape index (κ2) is 13.0. The number of nitrogens with two attached hydrogens (primary N) is 1. The Morgan fingerprint density at radius 3 is 2.31 bits per heavy atom. The van der Waals surface area contributed by atoms with Crippen molar-refractivity contribution in [2.24, 2.45) is 5.73 Å². The monoisotopic (exact) mass is 519 g/mol. The molecule has 0 radical (unpaired) electrons. The zero-order valence-electron chi connectivity index (χ0n) is 19.7. The van der Waals surface area contributed by atoms with E-state index in [1.807, 2.05) is 48.5 Å². The average Bonchev–Trinajstić information content (AvgIpc) is 2.89. The van der Waals surface area contributed by atoms with Crippen LogP contribution in [0.2, 0.25) is 0 Å². The van der Waals surface area contributed by atoms with Gasteiger partial charge < -0.3 is 15.6 Å². The number of aryl methyl sites for hydroxylation is 2. The van der Waals surface area contributed by atoms with E-state index in [1.165, 1.54) is 6.07 Å². The predicted octanol–water partition coefficient (Wildman–Crippen LogP) is 6.23. The fourth-order valence-electron chi connectivity index (χ4n) is 3.82. The highest BCUT2D eigenvalue weighted by Crippen LogP contribution is 2.37. The summed E-state index contributed by atoms with van der Waals surface area (Å²) in [5, 5.41) is 9.48. The molecule has 0 aliphatic heterocycles. The van der Waals surface area contributed by atoms with E-state index in [1.54, 1.807) is 6.07 Å². The smallest absolute Gasteiger partial charge is 0.419 e. The van der Waals surface area contributed by atoms with Crippen LogP contribution >= 0.6 is 8.69 Å². The van der Waals surface area contributed by atoms with Gasteiger partial charge in [-0.1, -0.05) is 60.7 Å². The summed E-state index contributed by atoms with van der Waals surface area (Å²) < 4.78 is 61.9. The molecule has 0 aliphatic carbocycles. The van der Waals surface area contributed by atoms with Gasteiger partial charge in [-0.05, 0) is 60.1 Å². The second-order valence-electron chi connectivity index (χ2n) is 8.72. The zero-order chi connectivity index (χ0) is 26.0. The van der Waals surface area contributed by atoms with E-state index in [9.17, 15) is 22.8 Å². The highest BCUT2D eigenvalue weighted by molar-refractivity contribution is 7.17. The Morgan fingerprint density at radius 1 is 0.889 bits per heavy atom. The number of ether oxygens (including phenoxy) is 1. The van der Waals surface area contributed by atoms with Crippen LogP contribution in [0.25, 0.3) is 11.1 Å². The summed E-state index contributed by atoms with van der Waals surface area (Å²) in [6.45, 7) is -0.500. The third-order valence-electron chi connectivity index (χ3n) is 5.88. The molecule has 36 heavy (non-hydrogen) atoms. The summed E-state index contributed by atoms with van der Waals surface area (Å²) in [6.07, 6.45) is -3.03. The molecule has 0 amide bonds. The Hall–Kier alpha value is -2.77. The molecule has 9 heteroatoms. The van der Waals surface area contributed by atoms with E-state index >= 15 is 0 Å². The molecule has 3 aromatic carbocycles. The molecule has 3 rings (SSSR count). The van der Waals surface area contributed by atoms with Gasteiger partial charge in [-0.15, -0.1) is 0 Å². The van der Waals surface area contributed by atoms with Crippen molar-refractivity contribution in [2.75, 3.05) is 19.8 Å². The van der Waals surface area contributed by atoms with Crippen molar-refractivity contribution >= 4 is 8.69 Å². The zero-order valence-corrected chi connectivity index (χ0v) is 20.6. The Morgan fingerprint density at radius 2 is 1.61 bits per heavy atom. The fraction of sp³-hybridized carbons (Fsp3) is 0.333. The normalized spacial score (nSPS) is 13.5. The molecule has 0 saturated heterocycles. The van der Waals surface area contributed by atoms with E-state index in [2.05, 4.69) is 6.07 Å². The largest absolute Gasteiger partial charge is 0.493 e. The number of aliphatic hydroxyl groups excluding tert-OH is 1. The van der Waals surface area contributed by atoms with Crippen molar-refractivity contribution < 1.29 is 32.1 Å². The van der Waals surface area contributed by atoms with Crippen LogP contribution in [0, 0.1) is 0 Å². The summed E-state index contributed by atoms with van der Waals surface area (Å²) in [5.74, 6) is -0.223. The molecule has 5 nitrogen and oxygen atoms in total. The van der Waals surface area contributed by atoms with Gasteiger partial charge >= 0.3 is 14.9 Å². The Balaban J connectivity index is 1.60. The Bertz CT molecular complexity index is 1130. The van der Waals surface area contributed by atoms with Crippen LogP contribution in [0.3, 0.4) is 0 Å². The van der Waals surface area contributed by atoms with Crippen molar-refractivity contribution in [2.45, 2.75) is 37.4 Å². The van der Waals surface area contributed by atoms with Crippen molar-refractivity contribution in [3.63, 3.8) is 0 Å². The number of halogens is 3. The summed E-state index contributed by atoms with van der Waals surface area (Å²) in [7, 11) is -0.578. The molecule has 3 aromatic rings. The SMILES string of the molecule is NC(CO)(CCc1ccc(OCCCc2cccc(-c3ccccc3)c2)c(C(F)(F)F)c1)COP=O. The van der Waals surface area contributed by atoms with E-state index in [-0.39, 0.29) is 31.8 Å². The topological polar surface area (TPSA) is 81.8 Å². The number of rotatable bonds is 13. The standard InChI is InChI=1S/C27H29F3NO4P/c28-27(29,30)24-17-21(13-14-26(31,18-32)19-35-36-33)11-12-25(24)34-15-5-7-20-6-4-10-23(16-20)22-8-2-1-3-9-22/h1-4,6,8-12,16-17,32H,5,7,13-15,18-19,31H2. The minimum Gasteiger partial charge on any atom is -0.493 e. The van der Waals surface area contributed by atoms with Gasteiger partial charge in [-0.25, -0.2) is 4.57 Å². The first kappa shape index (κ1) is 27.8. The maximum atomic E-state index is 13.7. The molecular formula is C27H29F3NO4P. The van der Waals surface area contributed by atoms with Crippen molar-refractivity contribution in [1.29, 1.82) is 0 Å². The molecule has 0 aromatic heterocycles. The first-order valence-corrected chi connectivity index (χ1v) is 12.3. The number of hydrogen-bond acceptors (Lipinski definition) is 5. The first-order valence-electron chi connectivity index (χ1n) is 11.6. The van der Waals surface area contributed by atoms with Gasteiger partial charge in [-0.2, -0.15) is 13.2 Å². The molecule has 1 unspecified atom stereocenters. The molecule has 0 bridgehead atoms. The van der Waals surface area contributed by atoms with Gasteiger partial charge in [0.05, 0.1) is 30.9 Å². The van der Waals surface area contributed by atoms with Crippen LogP contribution in [-0.2, 0) is 28.1 Å².